The van der Waals surface area contributed by atoms with Crippen molar-refractivity contribution >= 4 is 5.97 Å². The molecule has 0 spiro atoms. The van der Waals surface area contributed by atoms with Crippen molar-refractivity contribution in [2.75, 3.05) is 6.61 Å². The highest BCUT2D eigenvalue weighted by Gasteiger charge is 2.34. The van der Waals surface area contributed by atoms with Gasteiger partial charge in [-0.25, -0.2) is 9.18 Å². The van der Waals surface area contributed by atoms with Crippen molar-refractivity contribution in [3.05, 3.63) is 12.7 Å². The molecule has 0 rings (SSSR count). The highest BCUT2D eigenvalue weighted by Crippen LogP contribution is 2.18. The number of carbonyl (C=O) groups is 1. The molecule has 3 heteroatoms. The Bertz CT molecular complexity index is 156. The molecule has 0 aromatic rings. The third kappa shape index (κ3) is 2.33. The summed E-state index contributed by atoms with van der Waals surface area (Å²) in [5.41, 5.74) is -2.00. The minimum Gasteiger partial charge on any atom is -0.463 e. The van der Waals surface area contributed by atoms with E-state index in [0.29, 0.717) is 0 Å². The lowest BCUT2D eigenvalue weighted by atomic mass is 10.0. The van der Waals surface area contributed by atoms with Gasteiger partial charge in [0.05, 0.1) is 6.61 Å². The van der Waals surface area contributed by atoms with Crippen LogP contribution in [0, 0.1) is 0 Å². The molecule has 64 valence electrons. The van der Waals surface area contributed by atoms with Gasteiger partial charge < -0.3 is 4.74 Å². The molecule has 0 saturated heterocycles. The molecule has 0 fully saturated rings. The van der Waals surface area contributed by atoms with Gasteiger partial charge in [0.2, 0.25) is 5.67 Å². The van der Waals surface area contributed by atoms with E-state index in [1.54, 1.807) is 13.8 Å². The summed E-state index contributed by atoms with van der Waals surface area (Å²) in [6.45, 7) is 6.63. The van der Waals surface area contributed by atoms with Gasteiger partial charge in [-0.2, -0.15) is 0 Å². The summed E-state index contributed by atoms with van der Waals surface area (Å²) >= 11 is 0. The molecular formula is C8H13FO2. The number of hydrogen-bond donors (Lipinski definition) is 0. The second-order valence-electron chi connectivity index (χ2n) is 2.14. The topological polar surface area (TPSA) is 26.3 Å². The van der Waals surface area contributed by atoms with Gasteiger partial charge in [-0.15, -0.1) is 0 Å². The molecule has 0 heterocycles. The maximum atomic E-state index is 13.2. The van der Waals surface area contributed by atoms with Gasteiger partial charge in [-0.3, -0.25) is 0 Å². The first-order chi connectivity index (χ1) is 5.10. The Kier molecular flexibility index (Phi) is 3.79. The monoisotopic (exact) mass is 160 g/mol. The van der Waals surface area contributed by atoms with E-state index in [4.69, 9.17) is 0 Å². The van der Waals surface area contributed by atoms with E-state index >= 15 is 0 Å². The van der Waals surface area contributed by atoms with Crippen LogP contribution in [0.1, 0.15) is 20.3 Å². The van der Waals surface area contributed by atoms with Gasteiger partial charge >= 0.3 is 5.97 Å². The Labute approximate surface area is 66.0 Å². The van der Waals surface area contributed by atoms with Crippen molar-refractivity contribution in [3.63, 3.8) is 0 Å². The van der Waals surface area contributed by atoms with Crippen LogP contribution in [0.2, 0.25) is 0 Å². The second-order valence-corrected chi connectivity index (χ2v) is 2.14. The molecule has 0 aliphatic carbocycles. The Morgan fingerprint density at radius 1 is 1.73 bits per heavy atom. The zero-order valence-corrected chi connectivity index (χ0v) is 6.89. The summed E-state index contributed by atoms with van der Waals surface area (Å²) in [5.74, 6) is -0.850. The van der Waals surface area contributed by atoms with Crippen LogP contribution in [0.4, 0.5) is 4.39 Å². The average Bonchev–Trinajstić information content (AvgIpc) is 2.03. The van der Waals surface area contributed by atoms with Crippen molar-refractivity contribution in [2.45, 2.75) is 25.9 Å². The van der Waals surface area contributed by atoms with Crippen molar-refractivity contribution < 1.29 is 13.9 Å². The Morgan fingerprint density at radius 2 is 2.27 bits per heavy atom. The molecule has 0 aliphatic heterocycles. The standard InChI is InChI=1S/C8H13FO2/c1-4-8(9,5-2)7(10)11-6-3/h4H,1,5-6H2,2-3H3. The van der Waals surface area contributed by atoms with E-state index in [-0.39, 0.29) is 13.0 Å². The zero-order chi connectivity index (χ0) is 8.91. The fourth-order valence-electron chi connectivity index (χ4n) is 0.623. The molecule has 1 atom stereocenters. The second kappa shape index (κ2) is 4.11. The number of halogens is 1. The van der Waals surface area contributed by atoms with Crippen molar-refractivity contribution in [3.8, 4) is 0 Å². The van der Waals surface area contributed by atoms with Crippen LogP contribution < -0.4 is 0 Å². The SMILES string of the molecule is C=CC(F)(CC)C(=O)OCC. The molecular weight excluding hydrogens is 147 g/mol. The summed E-state index contributed by atoms with van der Waals surface area (Å²) < 4.78 is 17.7. The lowest BCUT2D eigenvalue weighted by Gasteiger charge is -2.16. The van der Waals surface area contributed by atoms with Gasteiger partial charge in [0.25, 0.3) is 0 Å². The quantitative estimate of drug-likeness (QED) is 0.463. The van der Waals surface area contributed by atoms with Gasteiger partial charge in [0.1, 0.15) is 0 Å². The highest BCUT2D eigenvalue weighted by molar-refractivity contribution is 5.81. The number of hydrogen-bond acceptors (Lipinski definition) is 2. The fraction of sp³-hybridized carbons (Fsp3) is 0.625. The van der Waals surface area contributed by atoms with E-state index in [1.807, 2.05) is 0 Å². The Hall–Kier alpha value is -0.860. The predicted molar refractivity (Wildman–Crippen MR) is 41.0 cm³/mol. The number of carbonyl (C=O) groups excluding carboxylic acids is 1. The molecule has 0 bridgehead atoms. The van der Waals surface area contributed by atoms with Crippen LogP contribution in [0.15, 0.2) is 12.7 Å². The normalized spacial score (nSPS) is 15.2. The highest BCUT2D eigenvalue weighted by atomic mass is 19.1. The Balaban J connectivity index is 4.24. The summed E-state index contributed by atoms with van der Waals surface area (Å²) in [6.07, 6.45) is 1.04. The van der Waals surface area contributed by atoms with E-state index < -0.39 is 11.6 Å². The summed E-state index contributed by atoms with van der Waals surface area (Å²) in [5, 5.41) is 0. The van der Waals surface area contributed by atoms with Crippen molar-refractivity contribution in [2.24, 2.45) is 0 Å². The minimum absolute atomic E-state index is 0.0648. The van der Waals surface area contributed by atoms with Crippen LogP contribution in [0.5, 0.6) is 0 Å². The first kappa shape index (κ1) is 10.1. The van der Waals surface area contributed by atoms with Crippen LogP contribution in [0.25, 0.3) is 0 Å². The number of alkyl halides is 1. The first-order valence-electron chi connectivity index (χ1n) is 3.60. The maximum absolute atomic E-state index is 13.2. The molecule has 2 nitrogen and oxygen atoms in total. The summed E-state index contributed by atoms with van der Waals surface area (Å²) in [7, 11) is 0. The molecule has 0 radical (unpaired) electrons. The fourth-order valence-corrected chi connectivity index (χ4v) is 0.623. The summed E-state index contributed by atoms with van der Waals surface area (Å²) in [6, 6.07) is 0. The van der Waals surface area contributed by atoms with E-state index in [2.05, 4.69) is 11.3 Å². The smallest absolute Gasteiger partial charge is 0.347 e. The largest absolute Gasteiger partial charge is 0.463 e. The van der Waals surface area contributed by atoms with E-state index in [9.17, 15) is 9.18 Å². The van der Waals surface area contributed by atoms with Gasteiger partial charge in [0.15, 0.2) is 0 Å². The van der Waals surface area contributed by atoms with Crippen LogP contribution in [0.3, 0.4) is 0 Å². The number of ether oxygens (including phenoxy) is 1. The van der Waals surface area contributed by atoms with Crippen molar-refractivity contribution in [1.29, 1.82) is 0 Å². The molecule has 0 amide bonds. The predicted octanol–water partition coefficient (Wildman–Crippen LogP) is 1.85. The summed E-state index contributed by atoms with van der Waals surface area (Å²) in [4.78, 5) is 10.9. The molecule has 11 heavy (non-hydrogen) atoms. The Morgan fingerprint density at radius 3 is 2.55 bits per heavy atom. The van der Waals surface area contributed by atoms with Gasteiger partial charge in [-0.05, 0) is 19.4 Å². The van der Waals surface area contributed by atoms with Crippen LogP contribution >= 0.6 is 0 Å². The van der Waals surface area contributed by atoms with Gasteiger partial charge in [-0.1, -0.05) is 13.5 Å². The minimum atomic E-state index is -2.00. The number of esters is 1. The third-order valence-electron chi connectivity index (χ3n) is 1.45. The molecule has 0 aromatic carbocycles. The van der Waals surface area contributed by atoms with E-state index in [1.165, 1.54) is 0 Å². The lowest BCUT2D eigenvalue weighted by molar-refractivity contribution is -0.154. The zero-order valence-electron chi connectivity index (χ0n) is 6.89. The van der Waals surface area contributed by atoms with Gasteiger partial charge in [0, 0.05) is 0 Å². The molecule has 0 saturated carbocycles. The van der Waals surface area contributed by atoms with E-state index in [0.717, 1.165) is 6.08 Å². The maximum Gasteiger partial charge on any atom is 0.347 e. The van der Waals surface area contributed by atoms with Crippen LogP contribution in [-0.2, 0) is 9.53 Å². The third-order valence-corrected chi connectivity index (χ3v) is 1.45. The lowest BCUT2D eigenvalue weighted by Crippen LogP contribution is -2.32. The molecule has 0 aromatic heterocycles. The molecule has 0 aliphatic rings. The first-order valence-corrected chi connectivity index (χ1v) is 3.60. The van der Waals surface area contributed by atoms with Crippen molar-refractivity contribution in [1.82, 2.24) is 0 Å². The van der Waals surface area contributed by atoms with Crippen LogP contribution in [-0.4, -0.2) is 18.2 Å². The average molecular weight is 160 g/mol. The molecule has 1 unspecified atom stereocenters. The number of rotatable bonds is 4. The molecule has 0 N–H and O–H groups in total.